The number of nitrogens with zero attached hydrogens (tertiary/aromatic N) is 1. The van der Waals surface area contributed by atoms with Crippen LogP contribution in [-0.2, 0) is 14.3 Å². The number of carbonyl (C=O) groups excluding carboxylic acids is 2. The van der Waals surface area contributed by atoms with Crippen LogP contribution >= 0.6 is 0 Å². The number of rotatable bonds is 4. The molecule has 1 aliphatic rings. The van der Waals surface area contributed by atoms with Crippen LogP contribution in [0.5, 0.6) is 0 Å². The van der Waals surface area contributed by atoms with Crippen LogP contribution in [0.2, 0.25) is 0 Å². The number of hydrogen-bond acceptors (Lipinski definition) is 5. The Morgan fingerprint density at radius 2 is 1.61 bits per heavy atom. The number of alkyl halides is 6. The lowest BCUT2D eigenvalue weighted by Crippen LogP contribution is -2.48. The summed E-state index contributed by atoms with van der Waals surface area (Å²) in [6.07, 6.45) is -18.4. The van der Waals surface area contributed by atoms with Crippen molar-refractivity contribution in [2.45, 2.75) is 69.8 Å². The SMILES string of the molecule is C=C(C(=O)OC(C(F)(F)F)C(F)(F)F)[C@H](O)[C@H]1CCCN1C(=O)OC(C)(C)C. The van der Waals surface area contributed by atoms with Gasteiger partial charge in [0.05, 0.1) is 11.6 Å². The minimum absolute atomic E-state index is 0.118. The van der Waals surface area contributed by atoms with Crippen LogP contribution < -0.4 is 0 Å². The number of halogens is 6. The molecule has 0 unspecified atom stereocenters. The van der Waals surface area contributed by atoms with E-state index >= 15 is 0 Å². The standard InChI is InChI=1S/C16H21F6NO5/c1-8(11(25)27-12(15(17,18)19)16(20,21)22)10(24)9-6-5-7-23(9)13(26)28-14(2,3)4/h9-10,12,24H,1,5-7H2,2-4H3/t9-,10+/m1/s1. The van der Waals surface area contributed by atoms with Crippen molar-refractivity contribution in [2.24, 2.45) is 0 Å². The molecule has 6 nitrogen and oxygen atoms in total. The van der Waals surface area contributed by atoms with E-state index in [-0.39, 0.29) is 13.0 Å². The number of ether oxygens (including phenoxy) is 2. The maximum atomic E-state index is 12.5. The summed E-state index contributed by atoms with van der Waals surface area (Å²) < 4.78 is 83.7. The number of amides is 1. The van der Waals surface area contributed by atoms with Crippen LogP contribution in [0, 0.1) is 0 Å². The van der Waals surface area contributed by atoms with Crippen molar-refractivity contribution < 1.29 is 50.5 Å². The number of carbonyl (C=O) groups is 2. The molecule has 0 aromatic rings. The van der Waals surface area contributed by atoms with Gasteiger partial charge < -0.3 is 19.5 Å². The van der Waals surface area contributed by atoms with Gasteiger partial charge in [-0.25, -0.2) is 9.59 Å². The molecule has 2 atom stereocenters. The van der Waals surface area contributed by atoms with Crippen LogP contribution in [0.15, 0.2) is 12.2 Å². The van der Waals surface area contributed by atoms with E-state index in [2.05, 4.69) is 11.3 Å². The van der Waals surface area contributed by atoms with E-state index in [1.54, 1.807) is 20.8 Å². The second-order valence-electron chi connectivity index (χ2n) is 7.22. The predicted octanol–water partition coefficient (Wildman–Crippen LogP) is 3.34. The van der Waals surface area contributed by atoms with Crippen molar-refractivity contribution in [3.63, 3.8) is 0 Å². The van der Waals surface area contributed by atoms with Crippen molar-refractivity contribution >= 4 is 12.1 Å². The minimum atomic E-state index is -5.89. The minimum Gasteiger partial charge on any atom is -0.444 e. The van der Waals surface area contributed by atoms with Crippen molar-refractivity contribution in [2.75, 3.05) is 6.54 Å². The molecule has 0 aromatic carbocycles. The third-order valence-electron chi connectivity index (χ3n) is 3.73. The number of likely N-dealkylation sites (tertiary alicyclic amines) is 1. The van der Waals surface area contributed by atoms with Crippen molar-refractivity contribution in [1.82, 2.24) is 4.90 Å². The maximum Gasteiger partial charge on any atom is 0.434 e. The molecule has 0 radical (unpaired) electrons. The van der Waals surface area contributed by atoms with E-state index in [0.29, 0.717) is 6.42 Å². The molecule has 1 fully saturated rings. The van der Waals surface area contributed by atoms with E-state index in [9.17, 15) is 41.0 Å². The van der Waals surface area contributed by atoms with Gasteiger partial charge in [0.15, 0.2) is 0 Å². The topological polar surface area (TPSA) is 76.1 Å². The highest BCUT2D eigenvalue weighted by Crippen LogP contribution is 2.36. The molecule has 1 heterocycles. The highest BCUT2D eigenvalue weighted by Gasteiger charge is 2.60. The first kappa shape index (κ1) is 24.1. The van der Waals surface area contributed by atoms with Gasteiger partial charge >= 0.3 is 24.4 Å². The summed E-state index contributed by atoms with van der Waals surface area (Å²) in [7, 11) is 0. The fraction of sp³-hybridized carbons (Fsp3) is 0.750. The first-order valence-corrected chi connectivity index (χ1v) is 8.16. The second-order valence-corrected chi connectivity index (χ2v) is 7.22. The van der Waals surface area contributed by atoms with Gasteiger partial charge in [0.1, 0.15) is 11.7 Å². The Balaban J connectivity index is 2.90. The Morgan fingerprint density at radius 1 is 1.11 bits per heavy atom. The molecular formula is C16H21F6NO5. The van der Waals surface area contributed by atoms with Crippen molar-refractivity contribution in [1.29, 1.82) is 0 Å². The molecule has 0 aliphatic carbocycles. The quantitative estimate of drug-likeness (QED) is 0.428. The number of aliphatic hydroxyl groups excluding tert-OH is 1. The van der Waals surface area contributed by atoms with E-state index in [0.717, 1.165) is 4.90 Å². The third kappa shape index (κ3) is 6.28. The summed E-state index contributed by atoms with van der Waals surface area (Å²) in [5.41, 5.74) is -1.91. The third-order valence-corrected chi connectivity index (χ3v) is 3.73. The zero-order chi connectivity index (χ0) is 22.1. The van der Waals surface area contributed by atoms with Gasteiger partial charge in [-0.1, -0.05) is 6.58 Å². The molecule has 1 aliphatic heterocycles. The maximum absolute atomic E-state index is 12.5. The average Bonchev–Trinajstić information content (AvgIpc) is 2.96. The number of hydrogen-bond donors (Lipinski definition) is 1. The van der Waals surface area contributed by atoms with Crippen molar-refractivity contribution in [3.05, 3.63) is 12.2 Å². The predicted molar refractivity (Wildman–Crippen MR) is 83.1 cm³/mol. The summed E-state index contributed by atoms with van der Waals surface area (Å²) in [6.45, 7) is 7.91. The monoisotopic (exact) mass is 421 g/mol. The fourth-order valence-electron chi connectivity index (χ4n) is 2.52. The molecule has 1 N–H and O–H groups in total. The average molecular weight is 421 g/mol. The fourth-order valence-corrected chi connectivity index (χ4v) is 2.52. The lowest BCUT2D eigenvalue weighted by molar-refractivity contribution is -0.312. The van der Waals surface area contributed by atoms with Gasteiger partial charge in [-0.15, -0.1) is 0 Å². The van der Waals surface area contributed by atoms with E-state index in [1.807, 2.05) is 0 Å². The van der Waals surface area contributed by atoms with E-state index < -0.39 is 53.8 Å². The van der Waals surface area contributed by atoms with Crippen LogP contribution in [0.25, 0.3) is 0 Å². The van der Waals surface area contributed by atoms with Crippen LogP contribution in [0.3, 0.4) is 0 Å². The highest BCUT2D eigenvalue weighted by atomic mass is 19.4. The molecule has 0 bridgehead atoms. The zero-order valence-corrected chi connectivity index (χ0v) is 15.4. The second kappa shape index (κ2) is 8.18. The number of esters is 1. The van der Waals surface area contributed by atoms with Gasteiger partial charge in [0.25, 0.3) is 6.10 Å². The number of aliphatic hydroxyl groups is 1. The Morgan fingerprint density at radius 3 is 2.04 bits per heavy atom. The summed E-state index contributed by atoms with van der Waals surface area (Å²) in [4.78, 5) is 24.9. The molecule has 1 rings (SSSR count). The Labute approximate surface area is 157 Å². The molecule has 12 heteroatoms. The van der Waals surface area contributed by atoms with Gasteiger partial charge in [-0.2, -0.15) is 26.3 Å². The molecule has 0 spiro atoms. The van der Waals surface area contributed by atoms with Gasteiger partial charge in [-0.3, -0.25) is 0 Å². The molecule has 1 amide bonds. The smallest absolute Gasteiger partial charge is 0.434 e. The molecule has 162 valence electrons. The summed E-state index contributed by atoms with van der Waals surface area (Å²) in [5, 5.41) is 10.2. The highest BCUT2D eigenvalue weighted by molar-refractivity contribution is 5.89. The van der Waals surface area contributed by atoms with Crippen molar-refractivity contribution in [3.8, 4) is 0 Å². The molecular weight excluding hydrogens is 400 g/mol. The lowest BCUT2D eigenvalue weighted by atomic mass is 10.0. The largest absolute Gasteiger partial charge is 0.444 e. The molecule has 28 heavy (non-hydrogen) atoms. The zero-order valence-electron chi connectivity index (χ0n) is 15.4. The van der Waals surface area contributed by atoms with Gasteiger partial charge in [0.2, 0.25) is 0 Å². The normalized spacial score (nSPS) is 19.5. The first-order valence-electron chi connectivity index (χ1n) is 8.16. The molecule has 0 aromatic heterocycles. The Kier molecular flexibility index (Phi) is 7.02. The van der Waals surface area contributed by atoms with Crippen LogP contribution in [-0.4, -0.2) is 64.8 Å². The van der Waals surface area contributed by atoms with Crippen LogP contribution in [0.4, 0.5) is 31.1 Å². The molecule has 0 saturated carbocycles. The van der Waals surface area contributed by atoms with Gasteiger partial charge in [-0.05, 0) is 33.6 Å². The summed E-state index contributed by atoms with van der Waals surface area (Å²) in [6, 6.07) is -1.11. The van der Waals surface area contributed by atoms with Crippen LogP contribution in [0.1, 0.15) is 33.6 Å². The molecule has 1 saturated heterocycles. The lowest BCUT2D eigenvalue weighted by Gasteiger charge is -2.31. The summed E-state index contributed by atoms with van der Waals surface area (Å²) >= 11 is 0. The Bertz CT molecular complexity index is 596. The van der Waals surface area contributed by atoms with E-state index in [1.165, 1.54) is 0 Å². The van der Waals surface area contributed by atoms with Gasteiger partial charge in [0, 0.05) is 6.54 Å². The summed E-state index contributed by atoms with van der Waals surface area (Å²) in [5.74, 6) is -2.07. The Hall–Kier alpha value is -1.98. The van der Waals surface area contributed by atoms with E-state index in [4.69, 9.17) is 4.74 Å². The first-order chi connectivity index (χ1) is 12.4.